The zero-order chi connectivity index (χ0) is 19.1. The molecular formula is C19H17N7O2. The SMILES string of the molecule is N#Cc1cccc(C(=O)N2CC[C@@H](n3cc(-c4nc(C5CC5)no4)nn3)C2)c1. The quantitative estimate of drug-likeness (QED) is 0.686. The van der Waals surface area contributed by atoms with Gasteiger partial charge in [0.2, 0.25) is 0 Å². The Hall–Kier alpha value is -3.54. The van der Waals surface area contributed by atoms with Gasteiger partial charge in [-0.15, -0.1) is 5.10 Å². The van der Waals surface area contributed by atoms with Crippen LogP contribution in [0.1, 0.15) is 53.0 Å². The Morgan fingerprint density at radius 3 is 3.00 bits per heavy atom. The van der Waals surface area contributed by atoms with Crippen molar-refractivity contribution in [2.24, 2.45) is 0 Å². The van der Waals surface area contributed by atoms with Gasteiger partial charge in [-0.05, 0) is 37.5 Å². The summed E-state index contributed by atoms with van der Waals surface area (Å²) in [5.74, 6) is 1.46. The number of likely N-dealkylation sites (tertiary alicyclic amines) is 1. The van der Waals surface area contributed by atoms with Crippen molar-refractivity contribution in [1.29, 1.82) is 5.26 Å². The van der Waals surface area contributed by atoms with Gasteiger partial charge in [0.15, 0.2) is 11.5 Å². The molecule has 3 aromatic rings. The summed E-state index contributed by atoms with van der Waals surface area (Å²) >= 11 is 0. The average Bonchev–Trinajstić information content (AvgIpc) is 3.16. The summed E-state index contributed by atoms with van der Waals surface area (Å²) in [7, 11) is 0. The minimum atomic E-state index is -0.0779. The first-order valence-corrected chi connectivity index (χ1v) is 9.26. The van der Waals surface area contributed by atoms with E-state index in [0.29, 0.717) is 41.7 Å². The van der Waals surface area contributed by atoms with Gasteiger partial charge in [-0.2, -0.15) is 10.2 Å². The lowest BCUT2D eigenvalue weighted by molar-refractivity contribution is 0.0787. The van der Waals surface area contributed by atoms with Crippen molar-refractivity contribution in [3.63, 3.8) is 0 Å². The second kappa shape index (κ2) is 6.56. The summed E-state index contributed by atoms with van der Waals surface area (Å²) in [6.07, 6.45) is 4.78. The van der Waals surface area contributed by atoms with Crippen LogP contribution in [0.2, 0.25) is 0 Å². The zero-order valence-corrected chi connectivity index (χ0v) is 15.0. The maximum Gasteiger partial charge on any atom is 0.280 e. The molecule has 1 amide bonds. The highest BCUT2D eigenvalue weighted by molar-refractivity contribution is 5.94. The molecule has 0 unspecified atom stereocenters. The molecule has 9 nitrogen and oxygen atoms in total. The Bertz CT molecular complexity index is 1080. The number of benzene rings is 1. The molecule has 0 radical (unpaired) electrons. The van der Waals surface area contributed by atoms with Crippen molar-refractivity contribution >= 4 is 5.91 Å². The number of nitriles is 1. The van der Waals surface area contributed by atoms with E-state index in [1.54, 1.807) is 40.0 Å². The van der Waals surface area contributed by atoms with Crippen molar-refractivity contribution in [3.05, 3.63) is 47.4 Å². The van der Waals surface area contributed by atoms with Crippen LogP contribution in [0, 0.1) is 11.3 Å². The standard InChI is InChI=1S/C19H17N7O2/c20-9-12-2-1-3-14(8-12)19(27)25-7-6-15(10-25)26-11-16(22-24-26)18-21-17(23-28-18)13-4-5-13/h1-3,8,11,13,15H,4-7,10H2/t15-/m1/s1. The Morgan fingerprint density at radius 2 is 2.18 bits per heavy atom. The summed E-state index contributed by atoms with van der Waals surface area (Å²) < 4.78 is 7.06. The molecule has 2 aliphatic rings. The molecule has 1 aromatic carbocycles. The third-order valence-corrected chi connectivity index (χ3v) is 5.18. The summed E-state index contributed by atoms with van der Waals surface area (Å²) in [4.78, 5) is 18.9. The Balaban J connectivity index is 1.28. The zero-order valence-electron chi connectivity index (χ0n) is 15.0. The lowest BCUT2D eigenvalue weighted by Crippen LogP contribution is -2.29. The van der Waals surface area contributed by atoms with E-state index in [9.17, 15) is 4.79 Å². The predicted molar refractivity (Wildman–Crippen MR) is 96.0 cm³/mol. The van der Waals surface area contributed by atoms with Crippen molar-refractivity contribution in [1.82, 2.24) is 30.0 Å². The van der Waals surface area contributed by atoms with Crippen LogP contribution in [0.25, 0.3) is 11.6 Å². The van der Waals surface area contributed by atoms with Crippen molar-refractivity contribution in [3.8, 4) is 17.7 Å². The normalized spacial score (nSPS) is 19.0. The summed E-state index contributed by atoms with van der Waals surface area (Å²) in [6.45, 7) is 1.16. The molecule has 0 N–H and O–H groups in total. The number of hydrogen-bond acceptors (Lipinski definition) is 7. The van der Waals surface area contributed by atoms with Gasteiger partial charge in [-0.25, -0.2) is 4.68 Å². The second-order valence-electron chi connectivity index (χ2n) is 7.20. The number of hydrogen-bond donors (Lipinski definition) is 0. The van der Waals surface area contributed by atoms with Crippen LogP contribution >= 0.6 is 0 Å². The molecule has 0 bridgehead atoms. The number of rotatable bonds is 4. The monoisotopic (exact) mass is 375 g/mol. The number of aromatic nitrogens is 5. The van der Waals surface area contributed by atoms with Gasteiger partial charge in [-0.3, -0.25) is 4.79 Å². The minimum Gasteiger partial charge on any atom is -0.336 e. The van der Waals surface area contributed by atoms with E-state index < -0.39 is 0 Å². The molecule has 2 aromatic heterocycles. The summed E-state index contributed by atoms with van der Waals surface area (Å²) in [6, 6.07) is 8.87. The molecule has 140 valence electrons. The molecule has 2 fully saturated rings. The lowest BCUT2D eigenvalue weighted by Gasteiger charge is -2.16. The lowest BCUT2D eigenvalue weighted by atomic mass is 10.1. The van der Waals surface area contributed by atoms with Crippen LogP contribution < -0.4 is 0 Å². The minimum absolute atomic E-state index is 0.0372. The fourth-order valence-corrected chi connectivity index (χ4v) is 3.45. The molecular weight excluding hydrogens is 358 g/mol. The molecule has 28 heavy (non-hydrogen) atoms. The first-order valence-electron chi connectivity index (χ1n) is 9.26. The molecule has 3 heterocycles. The predicted octanol–water partition coefficient (Wildman–Crippen LogP) is 2.16. The summed E-state index contributed by atoms with van der Waals surface area (Å²) in [5, 5.41) is 21.4. The summed E-state index contributed by atoms with van der Waals surface area (Å²) in [5.41, 5.74) is 1.55. The third kappa shape index (κ3) is 3.03. The van der Waals surface area contributed by atoms with E-state index in [4.69, 9.17) is 9.78 Å². The average molecular weight is 375 g/mol. The first kappa shape index (κ1) is 16.6. The van der Waals surface area contributed by atoms with Crippen LogP contribution in [0.4, 0.5) is 0 Å². The van der Waals surface area contributed by atoms with Gasteiger partial charge >= 0.3 is 0 Å². The Labute approximate surface area is 160 Å². The van der Waals surface area contributed by atoms with E-state index in [1.807, 2.05) is 0 Å². The maximum absolute atomic E-state index is 12.7. The van der Waals surface area contributed by atoms with E-state index in [-0.39, 0.29) is 11.9 Å². The van der Waals surface area contributed by atoms with E-state index in [2.05, 4.69) is 26.5 Å². The number of carbonyl (C=O) groups excluding carboxylic acids is 1. The Morgan fingerprint density at radius 1 is 1.29 bits per heavy atom. The maximum atomic E-state index is 12.7. The van der Waals surface area contributed by atoms with Gasteiger partial charge in [0.25, 0.3) is 11.8 Å². The molecule has 1 aliphatic heterocycles. The molecule has 1 saturated carbocycles. The second-order valence-corrected chi connectivity index (χ2v) is 7.20. The first-order chi connectivity index (χ1) is 13.7. The van der Waals surface area contributed by atoms with Gasteiger partial charge < -0.3 is 9.42 Å². The topological polar surface area (TPSA) is 114 Å². The van der Waals surface area contributed by atoms with Crippen molar-refractivity contribution in [2.45, 2.75) is 31.2 Å². The smallest absolute Gasteiger partial charge is 0.280 e. The molecule has 0 spiro atoms. The van der Waals surface area contributed by atoms with Crippen LogP contribution in [0.3, 0.4) is 0 Å². The van der Waals surface area contributed by atoms with Crippen LogP contribution in [-0.4, -0.2) is 49.0 Å². The van der Waals surface area contributed by atoms with E-state index in [0.717, 1.165) is 25.1 Å². The van der Waals surface area contributed by atoms with Crippen molar-refractivity contribution < 1.29 is 9.32 Å². The van der Waals surface area contributed by atoms with E-state index >= 15 is 0 Å². The van der Waals surface area contributed by atoms with Gasteiger partial charge in [0.05, 0.1) is 23.9 Å². The number of nitrogens with zero attached hydrogens (tertiary/aromatic N) is 7. The highest BCUT2D eigenvalue weighted by atomic mass is 16.5. The van der Waals surface area contributed by atoms with Gasteiger partial charge in [0.1, 0.15) is 0 Å². The van der Waals surface area contributed by atoms with Crippen LogP contribution in [0.15, 0.2) is 35.0 Å². The highest BCUT2D eigenvalue weighted by Crippen LogP contribution is 2.38. The van der Waals surface area contributed by atoms with Crippen LogP contribution in [-0.2, 0) is 0 Å². The number of carbonyl (C=O) groups is 1. The van der Waals surface area contributed by atoms with Crippen LogP contribution in [0.5, 0.6) is 0 Å². The largest absolute Gasteiger partial charge is 0.336 e. The molecule has 9 heteroatoms. The van der Waals surface area contributed by atoms with Gasteiger partial charge in [0, 0.05) is 24.6 Å². The fraction of sp³-hybridized carbons (Fsp3) is 0.368. The van der Waals surface area contributed by atoms with E-state index in [1.165, 1.54) is 0 Å². The highest BCUT2D eigenvalue weighted by Gasteiger charge is 2.31. The Kier molecular flexibility index (Phi) is 3.90. The fourth-order valence-electron chi connectivity index (χ4n) is 3.45. The molecule has 1 aliphatic carbocycles. The van der Waals surface area contributed by atoms with Crippen molar-refractivity contribution in [2.75, 3.05) is 13.1 Å². The number of amides is 1. The molecule has 5 rings (SSSR count). The third-order valence-electron chi connectivity index (χ3n) is 5.18. The molecule has 1 saturated heterocycles. The van der Waals surface area contributed by atoms with Gasteiger partial charge in [-0.1, -0.05) is 16.4 Å². The molecule has 1 atom stereocenters.